The molecule has 1 aliphatic carbocycles. The van der Waals surface area contributed by atoms with Gasteiger partial charge in [0.15, 0.2) is 0 Å². The smallest absolute Gasteiger partial charge is 0.139 e. The van der Waals surface area contributed by atoms with Gasteiger partial charge < -0.3 is 0 Å². The molecule has 0 N–H and O–H groups in total. The van der Waals surface area contributed by atoms with Crippen LogP contribution in [0.2, 0.25) is 0 Å². The number of carbonyl (C=O) groups is 1. The molecule has 1 aromatic carbocycles. The summed E-state index contributed by atoms with van der Waals surface area (Å²) in [4.78, 5) is 12.7. The van der Waals surface area contributed by atoms with Gasteiger partial charge in [0.2, 0.25) is 0 Å². The number of rotatable bonds is 7. The van der Waals surface area contributed by atoms with Crippen molar-refractivity contribution < 1.29 is 4.79 Å². The topological polar surface area (TPSA) is 17.1 Å². The summed E-state index contributed by atoms with van der Waals surface area (Å²) in [5.74, 6) is 1.17. The lowest BCUT2D eigenvalue weighted by molar-refractivity contribution is -0.129. The van der Waals surface area contributed by atoms with Crippen LogP contribution in [-0.2, 0) is 11.2 Å². The van der Waals surface area contributed by atoms with E-state index in [1.165, 1.54) is 18.4 Å². The molecule has 0 aromatic heterocycles. The zero-order valence-electron chi connectivity index (χ0n) is 13.0. The van der Waals surface area contributed by atoms with E-state index in [-0.39, 0.29) is 5.41 Å². The summed E-state index contributed by atoms with van der Waals surface area (Å²) in [5, 5.41) is 0. The van der Waals surface area contributed by atoms with Gasteiger partial charge in [0.1, 0.15) is 5.78 Å². The summed E-state index contributed by atoms with van der Waals surface area (Å²) >= 11 is 0. The lowest BCUT2D eigenvalue weighted by Crippen LogP contribution is -2.29. The molecule has 110 valence electrons. The van der Waals surface area contributed by atoms with Crippen molar-refractivity contribution in [1.29, 1.82) is 0 Å². The quantitative estimate of drug-likeness (QED) is 0.668. The molecule has 1 aliphatic rings. The molecule has 0 atom stereocenters. The van der Waals surface area contributed by atoms with Crippen LogP contribution in [0.3, 0.4) is 0 Å². The predicted octanol–water partition coefficient (Wildman–Crippen LogP) is 5.18. The molecular formula is C19H28O. The third-order valence-corrected chi connectivity index (χ3v) is 4.66. The SMILES string of the molecule is CC(C)CC1(C(=O)CCCc2ccccc2)CCCC1. The Hall–Kier alpha value is -1.11. The number of hydrogen-bond donors (Lipinski definition) is 0. The van der Waals surface area contributed by atoms with E-state index in [4.69, 9.17) is 0 Å². The number of benzene rings is 1. The van der Waals surface area contributed by atoms with Crippen LogP contribution in [0, 0.1) is 11.3 Å². The third kappa shape index (κ3) is 3.94. The van der Waals surface area contributed by atoms with Crippen LogP contribution < -0.4 is 0 Å². The Morgan fingerprint density at radius 3 is 2.40 bits per heavy atom. The minimum absolute atomic E-state index is 0.0326. The number of carbonyl (C=O) groups excluding carboxylic acids is 1. The average Bonchev–Trinajstić information content (AvgIpc) is 2.89. The molecule has 0 saturated heterocycles. The minimum atomic E-state index is 0.0326. The summed E-state index contributed by atoms with van der Waals surface area (Å²) in [6.07, 6.45) is 8.66. The minimum Gasteiger partial charge on any atom is -0.299 e. The maximum atomic E-state index is 12.7. The molecule has 0 heterocycles. The highest BCUT2D eigenvalue weighted by molar-refractivity contribution is 5.85. The van der Waals surface area contributed by atoms with Gasteiger partial charge in [-0.2, -0.15) is 0 Å². The number of Topliss-reactive ketones (excluding diaryl/α,β-unsaturated/α-hetero) is 1. The van der Waals surface area contributed by atoms with E-state index in [1.807, 2.05) is 6.07 Å². The van der Waals surface area contributed by atoms with E-state index in [0.717, 1.165) is 38.5 Å². The Labute approximate surface area is 123 Å². The molecule has 20 heavy (non-hydrogen) atoms. The van der Waals surface area contributed by atoms with Gasteiger partial charge in [-0.25, -0.2) is 0 Å². The average molecular weight is 272 g/mol. The fourth-order valence-electron chi connectivity index (χ4n) is 3.79. The van der Waals surface area contributed by atoms with Crippen molar-refractivity contribution in [3.05, 3.63) is 35.9 Å². The van der Waals surface area contributed by atoms with Gasteiger partial charge >= 0.3 is 0 Å². The van der Waals surface area contributed by atoms with Crippen molar-refractivity contribution in [2.24, 2.45) is 11.3 Å². The first-order chi connectivity index (χ1) is 9.62. The maximum absolute atomic E-state index is 12.7. The maximum Gasteiger partial charge on any atom is 0.139 e. The monoisotopic (exact) mass is 272 g/mol. The van der Waals surface area contributed by atoms with Crippen LogP contribution in [0.15, 0.2) is 30.3 Å². The van der Waals surface area contributed by atoms with Gasteiger partial charge in [0.25, 0.3) is 0 Å². The lowest BCUT2D eigenvalue weighted by Gasteiger charge is -2.29. The lowest BCUT2D eigenvalue weighted by atomic mass is 9.73. The molecule has 1 saturated carbocycles. The molecule has 0 amide bonds. The fourth-order valence-corrected chi connectivity index (χ4v) is 3.79. The van der Waals surface area contributed by atoms with Crippen molar-refractivity contribution in [3.63, 3.8) is 0 Å². The second-order valence-electron chi connectivity index (χ2n) is 6.85. The van der Waals surface area contributed by atoms with Crippen LogP contribution in [0.25, 0.3) is 0 Å². The van der Waals surface area contributed by atoms with Gasteiger partial charge in [-0.3, -0.25) is 4.79 Å². The first-order valence-corrected chi connectivity index (χ1v) is 8.20. The summed E-state index contributed by atoms with van der Waals surface area (Å²) in [5.41, 5.74) is 1.38. The number of aryl methyl sites for hydroxylation is 1. The van der Waals surface area contributed by atoms with E-state index >= 15 is 0 Å². The van der Waals surface area contributed by atoms with E-state index in [9.17, 15) is 4.79 Å². The van der Waals surface area contributed by atoms with Gasteiger partial charge in [-0.15, -0.1) is 0 Å². The number of ketones is 1. The molecule has 1 heteroatoms. The Morgan fingerprint density at radius 2 is 1.80 bits per heavy atom. The van der Waals surface area contributed by atoms with Gasteiger partial charge in [0, 0.05) is 11.8 Å². The summed E-state index contributed by atoms with van der Waals surface area (Å²) < 4.78 is 0. The molecular weight excluding hydrogens is 244 g/mol. The van der Waals surface area contributed by atoms with Crippen molar-refractivity contribution >= 4 is 5.78 Å². The second-order valence-corrected chi connectivity index (χ2v) is 6.85. The standard InChI is InChI=1S/C19H28O/c1-16(2)15-19(13-6-7-14-19)18(20)12-8-11-17-9-4-3-5-10-17/h3-5,9-10,16H,6-8,11-15H2,1-2H3. The molecule has 0 bridgehead atoms. The molecule has 1 nitrogen and oxygen atoms in total. The zero-order chi connectivity index (χ0) is 14.4. The Bertz CT molecular complexity index is 413. The highest BCUT2D eigenvalue weighted by Crippen LogP contribution is 2.44. The van der Waals surface area contributed by atoms with E-state index in [1.54, 1.807) is 0 Å². The predicted molar refractivity (Wildman–Crippen MR) is 84.7 cm³/mol. The first kappa shape index (κ1) is 15.3. The molecule has 0 spiro atoms. The van der Waals surface area contributed by atoms with Crippen molar-refractivity contribution in [3.8, 4) is 0 Å². The van der Waals surface area contributed by atoms with E-state index in [2.05, 4.69) is 38.1 Å². The Balaban J connectivity index is 1.86. The van der Waals surface area contributed by atoms with Crippen LogP contribution in [0.4, 0.5) is 0 Å². The van der Waals surface area contributed by atoms with Crippen molar-refractivity contribution in [1.82, 2.24) is 0 Å². The van der Waals surface area contributed by atoms with Crippen molar-refractivity contribution in [2.75, 3.05) is 0 Å². The van der Waals surface area contributed by atoms with Gasteiger partial charge in [-0.1, -0.05) is 57.0 Å². The molecule has 0 aliphatic heterocycles. The largest absolute Gasteiger partial charge is 0.299 e. The molecule has 2 rings (SSSR count). The fraction of sp³-hybridized carbons (Fsp3) is 0.632. The van der Waals surface area contributed by atoms with E-state index in [0.29, 0.717) is 11.7 Å². The number of hydrogen-bond acceptors (Lipinski definition) is 1. The molecule has 0 radical (unpaired) electrons. The van der Waals surface area contributed by atoms with Gasteiger partial charge in [-0.05, 0) is 43.6 Å². The zero-order valence-corrected chi connectivity index (χ0v) is 13.0. The molecule has 0 unspecified atom stereocenters. The highest BCUT2D eigenvalue weighted by Gasteiger charge is 2.40. The highest BCUT2D eigenvalue weighted by atomic mass is 16.1. The van der Waals surface area contributed by atoms with Crippen LogP contribution in [0.1, 0.15) is 64.4 Å². The first-order valence-electron chi connectivity index (χ1n) is 8.20. The van der Waals surface area contributed by atoms with Crippen molar-refractivity contribution in [2.45, 2.75) is 65.2 Å². The summed E-state index contributed by atoms with van der Waals surface area (Å²) in [7, 11) is 0. The van der Waals surface area contributed by atoms with E-state index < -0.39 is 0 Å². The normalized spacial score (nSPS) is 17.6. The van der Waals surface area contributed by atoms with Crippen LogP contribution in [0.5, 0.6) is 0 Å². The Kier molecular flexibility index (Phi) is 5.39. The van der Waals surface area contributed by atoms with Gasteiger partial charge in [0.05, 0.1) is 0 Å². The summed E-state index contributed by atoms with van der Waals surface area (Å²) in [6.45, 7) is 4.49. The second kappa shape index (κ2) is 7.06. The molecule has 1 aromatic rings. The van der Waals surface area contributed by atoms with Crippen LogP contribution >= 0.6 is 0 Å². The third-order valence-electron chi connectivity index (χ3n) is 4.66. The van der Waals surface area contributed by atoms with Crippen LogP contribution in [-0.4, -0.2) is 5.78 Å². The summed E-state index contributed by atoms with van der Waals surface area (Å²) in [6, 6.07) is 10.5. The Morgan fingerprint density at radius 1 is 1.15 bits per heavy atom. The molecule has 1 fully saturated rings.